The van der Waals surface area contributed by atoms with Crippen LogP contribution in [-0.4, -0.2) is 27.3 Å². The van der Waals surface area contributed by atoms with E-state index in [0.717, 1.165) is 35.5 Å². The molecule has 0 aromatic carbocycles. The molecule has 0 amide bonds. The summed E-state index contributed by atoms with van der Waals surface area (Å²) in [5.74, 6) is 5.51. The fourth-order valence-corrected chi connectivity index (χ4v) is 4.94. The van der Waals surface area contributed by atoms with Gasteiger partial charge < -0.3 is 0 Å². The molecule has 0 aliphatic heterocycles. The zero-order chi connectivity index (χ0) is 22.8. The first kappa shape index (κ1) is 34.1. The molecule has 0 fully saturated rings. The summed E-state index contributed by atoms with van der Waals surface area (Å²) in [5.41, 5.74) is 0. The quantitative estimate of drug-likeness (QED) is 0.0874. The summed E-state index contributed by atoms with van der Waals surface area (Å²) in [5, 5.41) is 0. The van der Waals surface area contributed by atoms with Crippen molar-refractivity contribution in [3.63, 3.8) is 0 Å². The normalized spacial score (nSPS) is 15.7. The van der Waals surface area contributed by atoms with Crippen molar-refractivity contribution in [2.75, 3.05) is 0 Å². The molecule has 188 valence electrons. The summed E-state index contributed by atoms with van der Waals surface area (Å²) in [6, 6.07) is 0. The van der Waals surface area contributed by atoms with Crippen LogP contribution in [0.15, 0.2) is 0 Å². The summed E-state index contributed by atoms with van der Waals surface area (Å²) in [7, 11) is 0. The first-order valence-electron chi connectivity index (χ1n) is 14.2. The van der Waals surface area contributed by atoms with Crippen molar-refractivity contribution < 1.29 is 0 Å². The van der Waals surface area contributed by atoms with Gasteiger partial charge in [-0.1, -0.05) is 158 Å². The zero-order valence-electron chi connectivity index (χ0n) is 23.5. The Balaban J connectivity index is 0. The van der Waals surface area contributed by atoms with Crippen LogP contribution in [-0.2, 0) is 0 Å². The van der Waals surface area contributed by atoms with Crippen molar-refractivity contribution in [1.82, 2.24) is 0 Å². The molecule has 0 spiro atoms. The Morgan fingerprint density at radius 3 is 0.710 bits per heavy atom. The van der Waals surface area contributed by atoms with Gasteiger partial charge in [-0.05, 0) is 35.5 Å². The fourth-order valence-electron chi connectivity index (χ4n) is 4.94. The summed E-state index contributed by atoms with van der Waals surface area (Å²) >= 11 is 0. The molecule has 1 heteroatoms. The summed E-state index contributed by atoms with van der Waals surface area (Å²) in [4.78, 5) is 0. The Hall–Kier alpha value is 0.922. The van der Waals surface area contributed by atoms with Crippen molar-refractivity contribution in [3.8, 4) is 0 Å². The Bertz CT molecular complexity index is 314. The summed E-state index contributed by atoms with van der Waals surface area (Å²) < 4.78 is 0. The van der Waals surface area contributed by atoms with Gasteiger partial charge in [0.15, 0.2) is 0 Å². The maximum absolute atomic E-state index is 2.49. The number of hydrogen-bond donors (Lipinski definition) is 0. The Morgan fingerprint density at radius 1 is 0.290 bits per heavy atom. The van der Waals surface area contributed by atoms with Crippen LogP contribution in [0, 0.1) is 35.5 Å². The molecule has 0 aliphatic carbocycles. The molecular formula is C30H64Pb. The molecule has 0 saturated carbocycles. The molecule has 0 aromatic heterocycles. The van der Waals surface area contributed by atoms with Gasteiger partial charge in [0.1, 0.15) is 0 Å². The minimum absolute atomic E-state index is 0. The van der Waals surface area contributed by atoms with Gasteiger partial charge in [0.2, 0.25) is 0 Å². The van der Waals surface area contributed by atoms with E-state index in [0.29, 0.717) is 0 Å². The van der Waals surface area contributed by atoms with Crippen LogP contribution in [0.1, 0.15) is 158 Å². The van der Waals surface area contributed by atoms with Gasteiger partial charge in [0, 0.05) is 0 Å². The Kier molecular flexibility index (Phi) is 25.0. The second-order valence-electron chi connectivity index (χ2n) is 12.2. The van der Waals surface area contributed by atoms with Gasteiger partial charge in [-0.15, -0.1) is 0 Å². The first-order chi connectivity index (χ1) is 14.2. The van der Waals surface area contributed by atoms with Crippen molar-refractivity contribution in [1.29, 1.82) is 0 Å². The van der Waals surface area contributed by atoms with E-state index in [1.54, 1.807) is 0 Å². The topological polar surface area (TPSA) is 0 Å². The molecule has 0 bridgehead atoms. The summed E-state index contributed by atoms with van der Waals surface area (Å²) in [6.07, 6.45) is 23.2. The third-order valence-corrected chi connectivity index (χ3v) is 7.39. The molecule has 0 aliphatic rings. The monoisotopic (exact) mass is 632 g/mol. The van der Waals surface area contributed by atoms with Gasteiger partial charge in [-0.25, -0.2) is 0 Å². The van der Waals surface area contributed by atoms with E-state index < -0.39 is 0 Å². The molecule has 0 nitrogen and oxygen atoms in total. The number of hydrogen-bond acceptors (Lipinski definition) is 0. The van der Waals surface area contributed by atoms with Crippen LogP contribution < -0.4 is 0 Å². The average Bonchev–Trinajstić information content (AvgIpc) is 2.64. The van der Waals surface area contributed by atoms with Gasteiger partial charge in [-0.3, -0.25) is 0 Å². The molecule has 31 heavy (non-hydrogen) atoms. The fraction of sp³-hybridized carbons (Fsp3) is 1.00. The SMILES string of the molecule is CC(C)CCCC(C)CCCC(C)CCCCC(C)CCCC(C)CCCC(C)C.[PbH2]. The summed E-state index contributed by atoms with van der Waals surface area (Å²) in [6.45, 7) is 19.3. The van der Waals surface area contributed by atoms with Gasteiger partial charge in [0.05, 0.1) is 0 Å². The molecule has 0 rings (SSSR count). The van der Waals surface area contributed by atoms with E-state index in [1.165, 1.54) is 103 Å². The molecule has 4 atom stereocenters. The maximum atomic E-state index is 2.49. The van der Waals surface area contributed by atoms with E-state index in [-0.39, 0.29) is 27.3 Å². The number of rotatable bonds is 21. The average molecular weight is 632 g/mol. The van der Waals surface area contributed by atoms with Gasteiger partial charge in [0.25, 0.3) is 0 Å². The van der Waals surface area contributed by atoms with E-state index in [2.05, 4.69) is 55.4 Å². The molecule has 2 radical (unpaired) electrons. The molecular weight excluding hydrogens is 568 g/mol. The molecule has 4 unspecified atom stereocenters. The van der Waals surface area contributed by atoms with Gasteiger partial charge >= 0.3 is 27.3 Å². The minimum atomic E-state index is 0. The second kappa shape index (κ2) is 22.7. The number of unbranched alkanes of at least 4 members (excludes halogenated alkanes) is 1. The van der Waals surface area contributed by atoms with Crippen molar-refractivity contribution in [3.05, 3.63) is 0 Å². The van der Waals surface area contributed by atoms with Crippen LogP contribution in [0.2, 0.25) is 0 Å². The molecule has 0 N–H and O–H groups in total. The van der Waals surface area contributed by atoms with E-state index in [1.807, 2.05) is 0 Å². The molecule has 0 saturated heterocycles. The predicted octanol–water partition coefficient (Wildman–Crippen LogP) is 10.2. The van der Waals surface area contributed by atoms with Crippen molar-refractivity contribution >= 4 is 27.3 Å². The van der Waals surface area contributed by atoms with Gasteiger partial charge in [-0.2, -0.15) is 0 Å². The Labute approximate surface area is 220 Å². The molecule has 0 aromatic rings. The second-order valence-corrected chi connectivity index (χ2v) is 12.2. The predicted molar refractivity (Wildman–Crippen MR) is 149 cm³/mol. The Morgan fingerprint density at radius 2 is 0.484 bits per heavy atom. The van der Waals surface area contributed by atoms with E-state index in [4.69, 9.17) is 0 Å². The van der Waals surface area contributed by atoms with Crippen LogP contribution in [0.3, 0.4) is 0 Å². The van der Waals surface area contributed by atoms with Crippen LogP contribution >= 0.6 is 0 Å². The van der Waals surface area contributed by atoms with Crippen LogP contribution in [0.5, 0.6) is 0 Å². The van der Waals surface area contributed by atoms with E-state index >= 15 is 0 Å². The van der Waals surface area contributed by atoms with Crippen molar-refractivity contribution in [2.45, 2.75) is 158 Å². The molecule has 0 heterocycles. The third-order valence-electron chi connectivity index (χ3n) is 7.39. The van der Waals surface area contributed by atoms with E-state index in [9.17, 15) is 0 Å². The third kappa shape index (κ3) is 25.4. The first-order valence-corrected chi connectivity index (χ1v) is 14.2. The van der Waals surface area contributed by atoms with Crippen molar-refractivity contribution in [2.24, 2.45) is 35.5 Å². The van der Waals surface area contributed by atoms with Crippen LogP contribution in [0.25, 0.3) is 0 Å². The zero-order valence-corrected chi connectivity index (χ0v) is 29.0. The standard InChI is InChI=1S/C30H62.Pb.2H/c1-25(2)15-11-19-29(7)23-13-21-27(5)17-9-10-18-28(6)22-14-24-30(8)20-12-16-26(3)4;;;/h25-30H,9-24H2,1-8H3;;;. The van der Waals surface area contributed by atoms with Crippen LogP contribution in [0.4, 0.5) is 0 Å².